The highest BCUT2D eigenvalue weighted by molar-refractivity contribution is 5.28. The van der Waals surface area contributed by atoms with Gasteiger partial charge in [0.2, 0.25) is 0 Å². The molecular weight excluding hydrogens is 248 g/mol. The van der Waals surface area contributed by atoms with E-state index in [0.29, 0.717) is 6.04 Å². The molecule has 1 aromatic carbocycles. The first-order valence-electron chi connectivity index (χ1n) is 7.52. The number of rotatable bonds is 5. The molecular formula is C16H22N4. The smallest absolute Gasteiger partial charge is 0.100 e. The van der Waals surface area contributed by atoms with Crippen LogP contribution in [0.25, 0.3) is 5.69 Å². The molecule has 1 aliphatic carbocycles. The topological polar surface area (TPSA) is 42.7 Å². The van der Waals surface area contributed by atoms with E-state index < -0.39 is 0 Å². The summed E-state index contributed by atoms with van der Waals surface area (Å²) in [6.07, 6.45) is 8.57. The van der Waals surface area contributed by atoms with Gasteiger partial charge in [-0.05, 0) is 31.5 Å². The van der Waals surface area contributed by atoms with Crippen LogP contribution in [0.2, 0.25) is 0 Å². The van der Waals surface area contributed by atoms with Gasteiger partial charge in [0.15, 0.2) is 0 Å². The maximum Gasteiger partial charge on any atom is 0.100 e. The molecule has 3 rings (SSSR count). The lowest BCUT2D eigenvalue weighted by Gasteiger charge is -2.17. The zero-order valence-electron chi connectivity index (χ0n) is 12.0. The molecule has 1 fully saturated rings. The summed E-state index contributed by atoms with van der Waals surface area (Å²) in [5.74, 6) is 0.842. The van der Waals surface area contributed by atoms with Gasteiger partial charge in [-0.2, -0.15) is 15.0 Å². The Morgan fingerprint density at radius 1 is 1.25 bits per heavy atom. The lowest BCUT2D eigenvalue weighted by Crippen LogP contribution is -2.19. The molecule has 0 saturated heterocycles. The van der Waals surface area contributed by atoms with E-state index in [1.54, 1.807) is 4.80 Å². The Kier molecular flexibility index (Phi) is 4.11. The third kappa shape index (κ3) is 2.90. The van der Waals surface area contributed by atoms with Gasteiger partial charge in [0, 0.05) is 0 Å². The summed E-state index contributed by atoms with van der Waals surface area (Å²) in [4.78, 5) is 1.72. The second-order valence-corrected chi connectivity index (χ2v) is 5.62. The van der Waals surface area contributed by atoms with Crippen LogP contribution >= 0.6 is 0 Å². The van der Waals surface area contributed by atoms with Crippen LogP contribution in [0.15, 0.2) is 36.5 Å². The van der Waals surface area contributed by atoms with Crippen molar-refractivity contribution in [3.63, 3.8) is 0 Å². The Morgan fingerprint density at radius 3 is 2.70 bits per heavy atom. The molecule has 20 heavy (non-hydrogen) atoms. The van der Waals surface area contributed by atoms with Gasteiger partial charge in [0.05, 0.1) is 17.9 Å². The van der Waals surface area contributed by atoms with Crippen molar-refractivity contribution in [2.24, 2.45) is 5.92 Å². The molecule has 0 aliphatic heterocycles. The second kappa shape index (κ2) is 6.18. The van der Waals surface area contributed by atoms with E-state index in [1.807, 2.05) is 43.6 Å². The maximum atomic E-state index is 4.64. The van der Waals surface area contributed by atoms with Crippen molar-refractivity contribution in [3.05, 3.63) is 42.2 Å². The number of nitrogens with one attached hydrogen (secondary N) is 1. The van der Waals surface area contributed by atoms with Crippen LogP contribution in [0.1, 0.15) is 43.8 Å². The fourth-order valence-corrected chi connectivity index (χ4v) is 3.09. The quantitative estimate of drug-likeness (QED) is 0.907. The molecule has 0 amide bonds. The van der Waals surface area contributed by atoms with Gasteiger partial charge in [-0.3, -0.25) is 0 Å². The van der Waals surface area contributed by atoms with Crippen LogP contribution in [-0.4, -0.2) is 22.0 Å². The van der Waals surface area contributed by atoms with Crippen LogP contribution in [0.5, 0.6) is 0 Å². The molecule has 1 unspecified atom stereocenters. The van der Waals surface area contributed by atoms with E-state index in [-0.39, 0.29) is 0 Å². The molecule has 1 atom stereocenters. The fraction of sp³-hybridized carbons (Fsp3) is 0.500. The monoisotopic (exact) mass is 270 g/mol. The van der Waals surface area contributed by atoms with E-state index in [2.05, 4.69) is 15.5 Å². The largest absolute Gasteiger partial charge is 0.312 e. The zero-order chi connectivity index (χ0) is 13.8. The summed E-state index contributed by atoms with van der Waals surface area (Å²) in [7, 11) is 2.02. The number of hydrogen-bond acceptors (Lipinski definition) is 3. The van der Waals surface area contributed by atoms with Crippen molar-refractivity contribution in [3.8, 4) is 5.69 Å². The van der Waals surface area contributed by atoms with Gasteiger partial charge in [0.1, 0.15) is 5.69 Å². The Balaban J connectivity index is 1.74. The van der Waals surface area contributed by atoms with Crippen LogP contribution in [0.4, 0.5) is 0 Å². The van der Waals surface area contributed by atoms with E-state index in [4.69, 9.17) is 0 Å². The van der Waals surface area contributed by atoms with Crippen LogP contribution in [-0.2, 0) is 0 Å². The van der Waals surface area contributed by atoms with Crippen LogP contribution < -0.4 is 5.32 Å². The van der Waals surface area contributed by atoms with Crippen molar-refractivity contribution in [2.45, 2.75) is 38.1 Å². The molecule has 0 bridgehead atoms. The molecule has 1 aromatic heterocycles. The lowest BCUT2D eigenvalue weighted by atomic mass is 9.97. The minimum Gasteiger partial charge on any atom is -0.312 e. The molecule has 1 aliphatic rings. The SMILES string of the molecule is CNC(CC1CCCC1)c1cnn(-c2ccccc2)n1. The van der Waals surface area contributed by atoms with Gasteiger partial charge < -0.3 is 5.32 Å². The first kappa shape index (κ1) is 13.3. The Labute approximate surface area is 120 Å². The molecule has 1 N–H and O–H groups in total. The third-order valence-electron chi connectivity index (χ3n) is 4.25. The Hall–Kier alpha value is -1.68. The lowest BCUT2D eigenvalue weighted by molar-refractivity contribution is 0.406. The predicted molar refractivity (Wildman–Crippen MR) is 79.7 cm³/mol. The molecule has 2 aromatic rings. The van der Waals surface area contributed by atoms with Crippen molar-refractivity contribution < 1.29 is 0 Å². The number of para-hydroxylation sites is 1. The number of benzene rings is 1. The van der Waals surface area contributed by atoms with Gasteiger partial charge in [-0.1, -0.05) is 43.9 Å². The highest BCUT2D eigenvalue weighted by Crippen LogP contribution is 2.32. The highest BCUT2D eigenvalue weighted by atomic mass is 15.5. The first-order valence-corrected chi connectivity index (χ1v) is 7.52. The van der Waals surface area contributed by atoms with Crippen LogP contribution in [0, 0.1) is 5.92 Å². The summed E-state index contributed by atoms with van der Waals surface area (Å²) in [6.45, 7) is 0. The average Bonchev–Trinajstić information content (AvgIpc) is 3.17. The molecule has 1 heterocycles. The fourth-order valence-electron chi connectivity index (χ4n) is 3.09. The molecule has 4 nitrogen and oxygen atoms in total. The number of hydrogen-bond donors (Lipinski definition) is 1. The maximum absolute atomic E-state index is 4.64. The highest BCUT2D eigenvalue weighted by Gasteiger charge is 2.22. The van der Waals surface area contributed by atoms with Gasteiger partial charge in [0.25, 0.3) is 0 Å². The zero-order valence-corrected chi connectivity index (χ0v) is 12.0. The molecule has 106 valence electrons. The molecule has 0 radical (unpaired) electrons. The Morgan fingerprint density at radius 2 is 2.00 bits per heavy atom. The standard InChI is InChI=1S/C16H22N4/c1-17-15(11-13-7-5-6-8-13)16-12-18-20(19-16)14-9-3-2-4-10-14/h2-4,9-10,12-13,15,17H,5-8,11H2,1H3. The first-order chi connectivity index (χ1) is 9.86. The average molecular weight is 270 g/mol. The van der Waals surface area contributed by atoms with Gasteiger partial charge in [-0.15, -0.1) is 0 Å². The van der Waals surface area contributed by atoms with E-state index in [0.717, 1.165) is 17.3 Å². The second-order valence-electron chi connectivity index (χ2n) is 5.62. The van der Waals surface area contributed by atoms with Crippen molar-refractivity contribution in [1.82, 2.24) is 20.3 Å². The van der Waals surface area contributed by atoms with E-state index >= 15 is 0 Å². The summed E-state index contributed by atoms with van der Waals surface area (Å²) < 4.78 is 0. The van der Waals surface area contributed by atoms with Crippen molar-refractivity contribution >= 4 is 0 Å². The van der Waals surface area contributed by atoms with Crippen molar-refractivity contribution in [1.29, 1.82) is 0 Å². The van der Waals surface area contributed by atoms with E-state index in [9.17, 15) is 0 Å². The minimum atomic E-state index is 0.315. The molecule has 4 heteroatoms. The van der Waals surface area contributed by atoms with E-state index in [1.165, 1.54) is 32.1 Å². The third-order valence-corrected chi connectivity index (χ3v) is 4.25. The Bertz CT molecular complexity index is 528. The summed E-state index contributed by atoms with van der Waals surface area (Å²) >= 11 is 0. The van der Waals surface area contributed by atoms with Crippen molar-refractivity contribution in [2.75, 3.05) is 7.05 Å². The number of nitrogens with zero attached hydrogens (tertiary/aromatic N) is 3. The summed E-state index contributed by atoms with van der Waals surface area (Å²) in [6, 6.07) is 10.4. The molecule has 1 saturated carbocycles. The van der Waals surface area contributed by atoms with Gasteiger partial charge >= 0.3 is 0 Å². The summed E-state index contributed by atoms with van der Waals surface area (Å²) in [5, 5.41) is 12.4. The number of aromatic nitrogens is 3. The van der Waals surface area contributed by atoms with Gasteiger partial charge in [-0.25, -0.2) is 0 Å². The normalized spacial score (nSPS) is 17.4. The molecule has 0 spiro atoms. The predicted octanol–water partition coefficient (Wildman–Crippen LogP) is 3.11. The van der Waals surface area contributed by atoms with Crippen LogP contribution in [0.3, 0.4) is 0 Å². The summed E-state index contributed by atoms with van der Waals surface area (Å²) in [5.41, 5.74) is 2.05. The minimum absolute atomic E-state index is 0.315.